The molecule has 2 aliphatic heterocycles. The van der Waals surface area contributed by atoms with E-state index in [0.29, 0.717) is 0 Å². The number of hydrogen-bond acceptors (Lipinski definition) is 2. The molecule has 0 amide bonds. The van der Waals surface area contributed by atoms with Gasteiger partial charge in [0, 0.05) is 10.5 Å². The highest BCUT2D eigenvalue weighted by Gasteiger charge is 2.43. The monoisotopic (exact) mass is 102 g/mol. The molecule has 1 nitrogen and oxygen atoms in total. The molecule has 0 radical (unpaired) electrons. The third-order valence-corrected chi connectivity index (χ3v) is 2.57. The number of ether oxygens (including phenoxy) is 1. The van der Waals surface area contributed by atoms with Crippen LogP contribution in [0.4, 0.5) is 0 Å². The van der Waals surface area contributed by atoms with Crippen LogP contribution in [0, 0.1) is 0 Å². The van der Waals surface area contributed by atoms with Crippen molar-refractivity contribution in [1.29, 1.82) is 0 Å². The SMILES string of the molecule is C1OCC2SC12. The second-order valence-electron chi connectivity index (χ2n) is 1.75. The van der Waals surface area contributed by atoms with Gasteiger partial charge in [0.25, 0.3) is 0 Å². The average Bonchev–Trinajstić information content (AvgIpc) is 2.17. The highest BCUT2D eigenvalue weighted by molar-refractivity contribution is 8.07. The molecular formula is C4H6OS. The molecule has 2 saturated heterocycles. The van der Waals surface area contributed by atoms with Gasteiger partial charge >= 0.3 is 0 Å². The first-order valence-electron chi connectivity index (χ1n) is 2.20. The molecule has 6 heavy (non-hydrogen) atoms. The van der Waals surface area contributed by atoms with Crippen molar-refractivity contribution in [2.24, 2.45) is 0 Å². The summed E-state index contributed by atoms with van der Waals surface area (Å²) in [5, 5.41) is 1.81. The third-order valence-electron chi connectivity index (χ3n) is 1.25. The maximum atomic E-state index is 5.09. The van der Waals surface area contributed by atoms with Crippen molar-refractivity contribution >= 4 is 11.8 Å². The summed E-state index contributed by atoms with van der Waals surface area (Å²) in [7, 11) is 0. The highest BCUT2D eigenvalue weighted by atomic mass is 32.2. The summed E-state index contributed by atoms with van der Waals surface area (Å²) in [4.78, 5) is 0. The van der Waals surface area contributed by atoms with Crippen LogP contribution < -0.4 is 0 Å². The second kappa shape index (κ2) is 0.928. The lowest BCUT2D eigenvalue weighted by Crippen LogP contribution is -1.86. The lowest BCUT2D eigenvalue weighted by molar-refractivity contribution is 0.197. The fraction of sp³-hybridized carbons (Fsp3) is 1.00. The Bertz CT molecular complexity index is 65.9. The van der Waals surface area contributed by atoms with E-state index in [1.165, 1.54) is 0 Å². The van der Waals surface area contributed by atoms with Gasteiger partial charge in [-0.1, -0.05) is 0 Å². The first kappa shape index (κ1) is 3.33. The summed E-state index contributed by atoms with van der Waals surface area (Å²) in [5.74, 6) is 0. The first-order valence-corrected chi connectivity index (χ1v) is 3.14. The summed E-state index contributed by atoms with van der Waals surface area (Å²) in [6.07, 6.45) is 0. The van der Waals surface area contributed by atoms with Gasteiger partial charge in [-0.3, -0.25) is 0 Å². The van der Waals surface area contributed by atoms with E-state index < -0.39 is 0 Å². The fourth-order valence-corrected chi connectivity index (χ4v) is 1.64. The molecule has 2 fully saturated rings. The fourth-order valence-electron chi connectivity index (χ4n) is 0.773. The van der Waals surface area contributed by atoms with E-state index in [1.807, 2.05) is 0 Å². The predicted molar refractivity (Wildman–Crippen MR) is 26.0 cm³/mol. The van der Waals surface area contributed by atoms with E-state index in [1.54, 1.807) is 0 Å². The van der Waals surface area contributed by atoms with Gasteiger partial charge < -0.3 is 4.74 Å². The highest BCUT2D eigenvalue weighted by Crippen LogP contribution is 2.45. The minimum absolute atomic E-state index is 0.907. The quantitative estimate of drug-likeness (QED) is 0.412. The second-order valence-corrected chi connectivity index (χ2v) is 3.23. The molecule has 34 valence electrons. The molecule has 0 aromatic heterocycles. The number of hydrogen-bond donors (Lipinski definition) is 0. The van der Waals surface area contributed by atoms with Gasteiger partial charge in [0.2, 0.25) is 0 Å². The van der Waals surface area contributed by atoms with Crippen molar-refractivity contribution in [2.75, 3.05) is 13.2 Å². The van der Waals surface area contributed by atoms with Crippen molar-refractivity contribution in [2.45, 2.75) is 10.5 Å². The van der Waals surface area contributed by atoms with E-state index >= 15 is 0 Å². The van der Waals surface area contributed by atoms with Crippen LogP contribution in [0.2, 0.25) is 0 Å². The van der Waals surface area contributed by atoms with Gasteiger partial charge in [0.15, 0.2) is 0 Å². The zero-order valence-corrected chi connectivity index (χ0v) is 4.20. The van der Waals surface area contributed by atoms with Gasteiger partial charge in [0.1, 0.15) is 0 Å². The Balaban J connectivity index is 2.09. The van der Waals surface area contributed by atoms with E-state index in [9.17, 15) is 0 Å². The lowest BCUT2D eigenvalue weighted by atomic mass is 10.4. The van der Waals surface area contributed by atoms with Gasteiger partial charge in [-0.2, -0.15) is 0 Å². The molecule has 2 heterocycles. The molecule has 0 bridgehead atoms. The van der Waals surface area contributed by atoms with E-state index in [2.05, 4.69) is 11.8 Å². The van der Waals surface area contributed by atoms with Crippen LogP contribution in [0.15, 0.2) is 0 Å². The van der Waals surface area contributed by atoms with Gasteiger partial charge in [-0.25, -0.2) is 0 Å². The summed E-state index contributed by atoms with van der Waals surface area (Å²) >= 11 is 2.05. The molecule has 2 heteroatoms. The summed E-state index contributed by atoms with van der Waals surface area (Å²) in [5.41, 5.74) is 0. The van der Waals surface area contributed by atoms with E-state index in [0.717, 1.165) is 23.7 Å². The van der Waals surface area contributed by atoms with Crippen LogP contribution in [0.1, 0.15) is 0 Å². The molecule has 2 rings (SSSR count). The summed E-state index contributed by atoms with van der Waals surface area (Å²) < 4.78 is 5.09. The Labute approximate surface area is 41.1 Å². The topological polar surface area (TPSA) is 9.23 Å². The summed E-state index contributed by atoms with van der Waals surface area (Å²) in [6.45, 7) is 2.05. The Hall–Kier alpha value is 0.310. The van der Waals surface area contributed by atoms with Crippen LogP contribution >= 0.6 is 11.8 Å². The van der Waals surface area contributed by atoms with Crippen molar-refractivity contribution in [3.05, 3.63) is 0 Å². The van der Waals surface area contributed by atoms with Crippen molar-refractivity contribution in [3.63, 3.8) is 0 Å². The molecular weight excluding hydrogens is 96.1 g/mol. The minimum atomic E-state index is 0.907. The number of rotatable bonds is 0. The predicted octanol–water partition coefficient (Wildman–Crippen LogP) is 0.501. The molecule has 2 unspecified atom stereocenters. The molecule has 0 aromatic carbocycles. The molecule has 2 aliphatic rings. The Morgan fingerprint density at radius 3 is 2.17 bits per heavy atom. The molecule has 2 atom stereocenters. The third kappa shape index (κ3) is 0.312. The lowest BCUT2D eigenvalue weighted by Gasteiger charge is -1.86. The first-order chi connectivity index (χ1) is 2.97. The maximum Gasteiger partial charge on any atom is 0.0597 e. The molecule has 0 aliphatic carbocycles. The van der Waals surface area contributed by atoms with Crippen molar-refractivity contribution in [1.82, 2.24) is 0 Å². The standard InChI is InChI=1S/C4H6OS/c1-3-4(6-3)2-5-1/h3-4H,1-2H2. The zero-order chi connectivity index (χ0) is 3.98. The average molecular weight is 102 g/mol. The van der Waals surface area contributed by atoms with Gasteiger partial charge in [0.05, 0.1) is 13.2 Å². The molecule has 0 spiro atoms. The molecule has 0 saturated carbocycles. The van der Waals surface area contributed by atoms with Gasteiger partial charge in [-0.15, -0.1) is 11.8 Å². The van der Waals surface area contributed by atoms with Crippen LogP contribution in [0.3, 0.4) is 0 Å². The summed E-state index contributed by atoms with van der Waals surface area (Å²) in [6, 6.07) is 0. The van der Waals surface area contributed by atoms with Crippen LogP contribution in [0.25, 0.3) is 0 Å². The number of fused-ring (bicyclic) bond motifs is 1. The number of thioether (sulfide) groups is 1. The zero-order valence-electron chi connectivity index (χ0n) is 3.39. The maximum absolute atomic E-state index is 5.09. The molecule has 0 N–H and O–H groups in total. The van der Waals surface area contributed by atoms with Crippen molar-refractivity contribution in [3.8, 4) is 0 Å². The van der Waals surface area contributed by atoms with Crippen LogP contribution in [-0.2, 0) is 4.74 Å². The smallest absolute Gasteiger partial charge is 0.0597 e. The van der Waals surface area contributed by atoms with Crippen LogP contribution in [-0.4, -0.2) is 23.7 Å². The van der Waals surface area contributed by atoms with Gasteiger partial charge in [-0.05, 0) is 0 Å². The molecule has 0 aromatic rings. The Morgan fingerprint density at radius 2 is 2.00 bits per heavy atom. The Kier molecular flexibility index (Phi) is 0.515. The van der Waals surface area contributed by atoms with E-state index in [-0.39, 0.29) is 0 Å². The van der Waals surface area contributed by atoms with Crippen LogP contribution in [0.5, 0.6) is 0 Å². The largest absolute Gasteiger partial charge is 0.379 e. The van der Waals surface area contributed by atoms with E-state index in [4.69, 9.17) is 4.74 Å². The van der Waals surface area contributed by atoms with Crippen molar-refractivity contribution < 1.29 is 4.74 Å². The normalized spacial score (nSPS) is 52.0. The minimum Gasteiger partial charge on any atom is -0.379 e. The Morgan fingerprint density at radius 1 is 1.33 bits per heavy atom.